The first-order valence-corrected chi connectivity index (χ1v) is 8.90. The Morgan fingerprint density at radius 1 is 1.43 bits per heavy atom. The second kappa shape index (κ2) is 6.05. The standard InChI is InChI=1S/C16H25N3OS/c1-9(14-8-21-10(2)19-14)18-16(20)13-6-11-4-3-5-12(7-13)15(11)17/h8-9,11-13,15H,3-7,17H2,1-2H3,(H,18,20). The number of nitrogens with two attached hydrogens (primary N) is 1. The van der Waals surface area contributed by atoms with Crippen LogP contribution in [0.3, 0.4) is 0 Å². The van der Waals surface area contributed by atoms with Crippen molar-refractivity contribution in [2.75, 3.05) is 0 Å². The van der Waals surface area contributed by atoms with Gasteiger partial charge in [-0.1, -0.05) is 6.42 Å². The molecule has 1 aromatic rings. The second-order valence-corrected chi connectivity index (χ2v) is 7.78. The molecule has 0 spiro atoms. The van der Waals surface area contributed by atoms with Crippen LogP contribution in [-0.2, 0) is 4.79 Å². The zero-order chi connectivity index (χ0) is 15.0. The summed E-state index contributed by atoms with van der Waals surface area (Å²) >= 11 is 1.63. The van der Waals surface area contributed by atoms with Gasteiger partial charge in [0.1, 0.15) is 0 Å². The van der Waals surface area contributed by atoms with E-state index in [1.807, 2.05) is 19.2 Å². The van der Waals surface area contributed by atoms with E-state index < -0.39 is 0 Å². The zero-order valence-corrected chi connectivity index (χ0v) is 13.7. The smallest absolute Gasteiger partial charge is 0.223 e. The molecule has 0 aromatic carbocycles. The van der Waals surface area contributed by atoms with Gasteiger partial charge in [0.25, 0.3) is 0 Å². The van der Waals surface area contributed by atoms with E-state index in [0.29, 0.717) is 17.9 Å². The number of nitrogens with zero attached hydrogens (tertiary/aromatic N) is 1. The molecule has 5 heteroatoms. The first kappa shape index (κ1) is 15.0. The molecule has 0 saturated heterocycles. The average molecular weight is 307 g/mol. The summed E-state index contributed by atoms with van der Waals surface area (Å²) in [6.07, 6.45) is 5.61. The van der Waals surface area contributed by atoms with Crippen LogP contribution in [0.1, 0.15) is 55.8 Å². The average Bonchev–Trinajstić information content (AvgIpc) is 2.85. The van der Waals surface area contributed by atoms with Gasteiger partial charge in [0, 0.05) is 17.3 Å². The summed E-state index contributed by atoms with van der Waals surface area (Å²) in [5.41, 5.74) is 7.27. The van der Waals surface area contributed by atoms with Gasteiger partial charge >= 0.3 is 0 Å². The highest BCUT2D eigenvalue weighted by Crippen LogP contribution is 2.42. The third kappa shape index (κ3) is 3.14. The normalized spacial score (nSPS) is 33.5. The molecule has 3 rings (SSSR count). The van der Waals surface area contributed by atoms with Crippen molar-refractivity contribution in [2.45, 2.75) is 58.0 Å². The Kier molecular flexibility index (Phi) is 4.31. The minimum Gasteiger partial charge on any atom is -0.348 e. The lowest BCUT2D eigenvalue weighted by Crippen LogP contribution is -2.49. The molecule has 1 aromatic heterocycles. The topological polar surface area (TPSA) is 68.0 Å². The van der Waals surface area contributed by atoms with Crippen LogP contribution in [0.25, 0.3) is 0 Å². The van der Waals surface area contributed by atoms with Gasteiger partial charge in [0.15, 0.2) is 0 Å². The van der Waals surface area contributed by atoms with Crippen molar-refractivity contribution in [1.82, 2.24) is 10.3 Å². The van der Waals surface area contributed by atoms with Gasteiger partial charge in [0.05, 0.1) is 16.7 Å². The summed E-state index contributed by atoms with van der Waals surface area (Å²) in [6, 6.07) is 0.319. The van der Waals surface area contributed by atoms with E-state index in [9.17, 15) is 4.79 Å². The van der Waals surface area contributed by atoms with Crippen LogP contribution < -0.4 is 11.1 Å². The van der Waals surface area contributed by atoms with Gasteiger partial charge in [-0.05, 0) is 51.4 Å². The Hall–Kier alpha value is -0.940. The maximum absolute atomic E-state index is 12.6. The Morgan fingerprint density at radius 3 is 2.67 bits per heavy atom. The molecule has 21 heavy (non-hydrogen) atoms. The van der Waals surface area contributed by atoms with Crippen LogP contribution in [0.5, 0.6) is 0 Å². The fourth-order valence-corrected chi connectivity index (χ4v) is 4.69. The molecule has 2 fully saturated rings. The molecule has 1 amide bonds. The fourth-order valence-electron chi connectivity index (χ4n) is 3.99. The lowest BCUT2D eigenvalue weighted by atomic mass is 9.65. The Balaban J connectivity index is 1.61. The maximum Gasteiger partial charge on any atom is 0.223 e. The van der Waals surface area contributed by atoms with E-state index in [2.05, 4.69) is 10.3 Å². The van der Waals surface area contributed by atoms with Crippen molar-refractivity contribution >= 4 is 17.2 Å². The molecule has 0 radical (unpaired) electrons. The third-order valence-corrected chi connectivity index (χ3v) is 6.01. The highest BCUT2D eigenvalue weighted by atomic mass is 32.1. The van der Waals surface area contributed by atoms with Crippen molar-refractivity contribution in [3.05, 3.63) is 16.1 Å². The number of aryl methyl sites for hydroxylation is 1. The number of thiazole rings is 1. The van der Waals surface area contributed by atoms with E-state index in [-0.39, 0.29) is 17.9 Å². The molecule has 2 aliphatic carbocycles. The summed E-state index contributed by atoms with van der Waals surface area (Å²) in [4.78, 5) is 17.0. The van der Waals surface area contributed by atoms with E-state index in [1.165, 1.54) is 19.3 Å². The van der Waals surface area contributed by atoms with E-state index in [1.54, 1.807) is 11.3 Å². The van der Waals surface area contributed by atoms with Crippen LogP contribution >= 0.6 is 11.3 Å². The first-order chi connectivity index (χ1) is 10.0. The predicted molar refractivity (Wildman–Crippen MR) is 84.9 cm³/mol. The van der Waals surface area contributed by atoms with Gasteiger partial charge in [-0.15, -0.1) is 11.3 Å². The van der Waals surface area contributed by atoms with Crippen LogP contribution in [0, 0.1) is 24.7 Å². The van der Waals surface area contributed by atoms with Crippen molar-refractivity contribution in [3.8, 4) is 0 Å². The third-order valence-electron chi connectivity index (χ3n) is 5.22. The Labute approximate surface area is 130 Å². The monoisotopic (exact) mass is 307 g/mol. The highest BCUT2D eigenvalue weighted by molar-refractivity contribution is 7.09. The molecule has 1 heterocycles. The number of hydrogen-bond donors (Lipinski definition) is 2. The molecule has 3 N–H and O–H groups in total. The number of carbonyl (C=O) groups excluding carboxylic acids is 1. The van der Waals surface area contributed by atoms with Gasteiger partial charge in [-0.3, -0.25) is 4.79 Å². The summed E-state index contributed by atoms with van der Waals surface area (Å²) < 4.78 is 0. The Bertz CT molecular complexity index is 501. The van der Waals surface area contributed by atoms with Crippen LogP contribution in [-0.4, -0.2) is 16.9 Å². The minimum atomic E-state index is -0.00195. The molecule has 3 atom stereocenters. The summed E-state index contributed by atoms with van der Waals surface area (Å²) in [5, 5.41) is 6.23. The molecule has 2 bridgehead atoms. The van der Waals surface area contributed by atoms with E-state index in [4.69, 9.17) is 5.73 Å². The predicted octanol–water partition coefficient (Wildman–Crippen LogP) is 2.78. The van der Waals surface area contributed by atoms with Gasteiger partial charge in [-0.2, -0.15) is 0 Å². The van der Waals surface area contributed by atoms with E-state index in [0.717, 1.165) is 23.5 Å². The van der Waals surface area contributed by atoms with Crippen molar-refractivity contribution in [2.24, 2.45) is 23.5 Å². The molecule has 4 nitrogen and oxygen atoms in total. The number of fused-ring (bicyclic) bond motifs is 2. The first-order valence-electron chi connectivity index (χ1n) is 8.02. The van der Waals surface area contributed by atoms with Gasteiger partial charge in [0.2, 0.25) is 5.91 Å². The van der Waals surface area contributed by atoms with Crippen LogP contribution in [0.2, 0.25) is 0 Å². The molecular formula is C16H25N3OS. The SMILES string of the molecule is Cc1nc(C(C)NC(=O)C2CC3CCCC(C2)C3N)cs1. The number of rotatable bonds is 3. The summed E-state index contributed by atoms with van der Waals surface area (Å²) in [5.74, 6) is 1.43. The lowest BCUT2D eigenvalue weighted by Gasteiger charge is -2.43. The lowest BCUT2D eigenvalue weighted by molar-refractivity contribution is -0.128. The number of hydrogen-bond acceptors (Lipinski definition) is 4. The summed E-state index contributed by atoms with van der Waals surface area (Å²) in [6.45, 7) is 4.01. The molecule has 2 saturated carbocycles. The number of carbonyl (C=O) groups is 1. The fraction of sp³-hybridized carbons (Fsp3) is 0.750. The number of amides is 1. The van der Waals surface area contributed by atoms with Crippen molar-refractivity contribution < 1.29 is 4.79 Å². The molecule has 3 unspecified atom stereocenters. The maximum atomic E-state index is 12.6. The second-order valence-electron chi connectivity index (χ2n) is 6.72. The van der Waals surface area contributed by atoms with Gasteiger partial charge < -0.3 is 11.1 Å². The quantitative estimate of drug-likeness (QED) is 0.902. The number of aromatic nitrogens is 1. The van der Waals surface area contributed by atoms with Gasteiger partial charge in [-0.25, -0.2) is 4.98 Å². The highest BCUT2D eigenvalue weighted by Gasteiger charge is 2.40. The van der Waals surface area contributed by atoms with Crippen LogP contribution in [0.4, 0.5) is 0 Å². The molecule has 116 valence electrons. The summed E-state index contributed by atoms with van der Waals surface area (Å²) in [7, 11) is 0. The van der Waals surface area contributed by atoms with E-state index >= 15 is 0 Å². The Morgan fingerprint density at radius 2 is 2.10 bits per heavy atom. The van der Waals surface area contributed by atoms with Crippen molar-refractivity contribution in [1.29, 1.82) is 0 Å². The largest absolute Gasteiger partial charge is 0.348 e. The molecular weight excluding hydrogens is 282 g/mol. The zero-order valence-electron chi connectivity index (χ0n) is 12.8. The van der Waals surface area contributed by atoms with Crippen molar-refractivity contribution in [3.63, 3.8) is 0 Å². The molecule has 0 aliphatic heterocycles. The number of nitrogens with one attached hydrogen (secondary N) is 1. The molecule has 2 aliphatic rings. The van der Waals surface area contributed by atoms with Crippen LogP contribution in [0.15, 0.2) is 5.38 Å². The minimum absolute atomic E-state index is 0.00195.